The van der Waals surface area contributed by atoms with Crippen LogP contribution in [0.15, 0.2) is 97.6 Å². The molecule has 3 aromatic carbocycles. The molecule has 0 unspecified atom stereocenters. The van der Waals surface area contributed by atoms with Gasteiger partial charge in [0.2, 0.25) is 0 Å². The van der Waals surface area contributed by atoms with Crippen LogP contribution in [0.4, 0.5) is 0 Å². The summed E-state index contributed by atoms with van der Waals surface area (Å²) >= 11 is 0. The predicted octanol–water partition coefficient (Wildman–Crippen LogP) is 4.06. The Morgan fingerprint density at radius 3 is 2.38 bits per heavy atom. The lowest BCUT2D eigenvalue weighted by Gasteiger charge is -2.08. The lowest BCUT2D eigenvalue weighted by atomic mass is 10.1. The van der Waals surface area contributed by atoms with Gasteiger partial charge in [-0.3, -0.25) is 4.79 Å². The van der Waals surface area contributed by atoms with Gasteiger partial charge >= 0.3 is 0 Å². The molecule has 0 spiro atoms. The molecule has 5 rings (SSSR count). The number of nitrogens with zero attached hydrogens (tertiary/aromatic N) is 5. The standard InChI is InChI=1S/C26H22N6O2/c1-34-23-13-9-20(10-14-23)25-15-24(30-32(25)22-5-3-2-4-6-22)26(33)28-16-19-7-11-21(12-8-19)31-18-27-17-29-31/h2-15,17-18H,16H2,1H3,(H,28,33). The molecule has 0 aliphatic rings. The highest BCUT2D eigenvalue weighted by Crippen LogP contribution is 2.26. The van der Waals surface area contributed by atoms with Crippen LogP contribution in [0.3, 0.4) is 0 Å². The second-order valence-corrected chi connectivity index (χ2v) is 7.58. The Morgan fingerprint density at radius 2 is 1.71 bits per heavy atom. The van der Waals surface area contributed by atoms with E-state index in [0.717, 1.165) is 33.9 Å². The van der Waals surface area contributed by atoms with Crippen molar-refractivity contribution in [2.45, 2.75) is 6.54 Å². The molecule has 34 heavy (non-hydrogen) atoms. The van der Waals surface area contributed by atoms with Crippen LogP contribution in [0.25, 0.3) is 22.6 Å². The largest absolute Gasteiger partial charge is 0.497 e. The summed E-state index contributed by atoms with van der Waals surface area (Å²) in [5.74, 6) is 0.520. The van der Waals surface area contributed by atoms with E-state index in [1.54, 1.807) is 28.9 Å². The fourth-order valence-electron chi connectivity index (χ4n) is 3.61. The van der Waals surface area contributed by atoms with Crippen LogP contribution in [0, 0.1) is 0 Å². The monoisotopic (exact) mass is 450 g/mol. The summed E-state index contributed by atoms with van der Waals surface area (Å²) < 4.78 is 8.73. The van der Waals surface area contributed by atoms with Crippen LogP contribution in [0.2, 0.25) is 0 Å². The van der Waals surface area contributed by atoms with Gasteiger partial charge in [0.05, 0.1) is 24.2 Å². The molecule has 1 amide bonds. The van der Waals surface area contributed by atoms with E-state index in [-0.39, 0.29) is 5.91 Å². The molecule has 0 atom stereocenters. The number of nitrogens with one attached hydrogen (secondary N) is 1. The van der Waals surface area contributed by atoms with E-state index in [9.17, 15) is 4.79 Å². The van der Waals surface area contributed by atoms with Gasteiger partial charge in [-0.1, -0.05) is 30.3 Å². The van der Waals surface area contributed by atoms with Crippen molar-refractivity contribution in [2.75, 3.05) is 7.11 Å². The molecule has 2 aromatic heterocycles. The molecule has 2 heterocycles. The smallest absolute Gasteiger partial charge is 0.272 e. The summed E-state index contributed by atoms with van der Waals surface area (Å²) in [4.78, 5) is 16.9. The van der Waals surface area contributed by atoms with Crippen LogP contribution in [0.1, 0.15) is 16.1 Å². The molecule has 0 saturated heterocycles. The first-order valence-electron chi connectivity index (χ1n) is 10.7. The fraction of sp³-hybridized carbons (Fsp3) is 0.0769. The second kappa shape index (κ2) is 9.41. The molecule has 0 radical (unpaired) electrons. The van der Waals surface area contributed by atoms with Gasteiger partial charge in [-0.05, 0) is 60.2 Å². The summed E-state index contributed by atoms with van der Waals surface area (Å²) in [7, 11) is 1.63. The van der Waals surface area contributed by atoms with Crippen molar-refractivity contribution in [1.82, 2.24) is 29.9 Å². The second-order valence-electron chi connectivity index (χ2n) is 7.58. The predicted molar refractivity (Wildman–Crippen MR) is 128 cm³/mol. The zero-order valence-electron chi connectivity index (χ0n) is 18.5. The van der Waals surface area contributed by atoms with Crippen molar-refractivity contribution in [2.24, 2.45) is 0 Å². The van der Waals surface area contributed by atoms with Crippen molar-refractivity contribution >= 4 is 5.91 Å². The third-order valence-corrected chi connectivity index (χ3v) is 5.40. The number of hydrogen-bond acceptors (Lipinski definition) is 5. The number of carbonyl (C=O) groups excluding carboxylic acids is 1. The molecule has 8 heteroatoms. The van der Waals surface area contributed by atoms with E-state index >= 15 is 0 Å². The van der Waals surface area contributed by atoms with E-state index in [1.807, 2.05) is 78.9 Å². The zero-order chi connectivity index (χ0) is 23.3. The number of aromatic nitrogens is 5. The SMILES string of the molecule is COc1ccc(-c2cc(C(=O)NCc3ccc(-n4cncn4)cc3)nn2-c2ccccc2)cc1. The molecule has 5 aromatic rings. The molecule has 0 fully saturated rings. The van der Waals surface area contributed by atoms with Gasteiger partial charge in [0.25, 0.3) is 5.91 Å². The van der Waals surface area contributed by atoms with Crippen LogP contribution >= 0.6 is 0 Å². The summed E-state index contributed by atoms with van der Waals surface area (Å²) in [5, 5.41) is 11.7. The van der Waals surface area contributed by atoms with E-state index in [4.69, 9.17) is 4.74 Å². The van der Waals surface area contributed by atoms with Gasteiger partial charge in [0, 0.05) is 12.1 Å². The molecule has 168 valence electrons. The van der Waals surface area contributed by atoms with Gasteiger partial charge in [-0.2, -0.15) is 10.2 Å². The number of hydrogen-bond donors (Lipinski definition) is 1. The van der Waals surface area contributed by atoms with Crippen molar-refractivity contribution in [1.29, 1.82) is 0 Å². The third kappa shape index (κ3) is 4.42. The van der Waals surface area contributed by atoms with Gasteiger partial charge in [-0.25, -0.2) is 14.3 Å². The van der Waals surface area contributed by atoms with Crippen LogP contribution in [-0.4, -0.2) is 37.6 Å². The molecule has 0 saturated carbocycles. The van der Waals surface area contributed by atoms with E-state index < -0.39 is 0 Å². The Morgan fingerprint density at radius 1 is 0.941 bits per heavy atom. The highest BCUT2D eigenvalue weighted by molar-refractivity contribution is 5.93. The lowest BCUT2D eigenvalue weighted by Crippen LogP contribution is -2.23. The number of rotatable bonds is 7. The van der Waals surface area contributed by atoms with E-state index in [1.165, 1.54) is 6.33 Å². The highest BCUT2D eigenvalue weighted by Gasteiger charge is 2.17. The van der Waals surface area contributed by atoms with E-state index in [0.29, 0.717) is 12.2 Å². The Labute approximate surface area is 196 Å². The number of para-hydroxylation sites is 1. The van der Waals surface area contributed by atoms with Gasteiger partial charge in [-0.15, -0.1) is 0 Å². The number of carbonyl (C=O) groups is 1. The Hall–Kier alpha value is -4.72. The maximum Gasteiger partial charge on any atom is 0.272 e. The minimum absolute atomic E-state index is 0.246. The van der Waals surface area contributed by atoms with Crippen LogP contribution < -0.4 is 10.1 Å². The van der Waals surface area contributed by atoms with Gasteiger partial charge in [0.1, 0.15) is 18.4 Å². The molecule has 8 nitrogen and oxygen atoms in total. The average Bonchev–Trinajstić information content (AvgIpc) is 3.59. The Bertz CT molecular complexity index is 1380. The number of benzene rings is 3. The maximum atomic E-state index is 13.0. The molecule has 0 bridgehead atoms. The highest BCUT2D eigenvalue weighted by atomic mass is 16.5. The molecule has 0 aliphatic heterocycles. The quantitative estimate of drug-likeness (QED) is 0.404. The zero-order valence-corrected chi connectivity index (χ0v) is 18.5. The molecular formula is C26H22N6O2. The van der Waals surface area contributed by atoms with Crippen molar-refractivity contribution < 1.29 is 9.53 Å². The first-order valence-corrected chi connectivity index (χ1v) is 10.7. The third-order valence-electron chi connectivity index (χ3n) is 5.40. The average molecular weight is 451 g/mol. The van der Waals surface area contributed by atoms with E-state index in [2.05, 4.69) is 20.5 Å². The summed E-state index contributed by atoms with van der Waals surface area (Å²) in [6, 6.07) is 27.0. The minimum Gasteiger partial charge on any atom is -0.497 e. The summed E-state index contributed by atoms with van der Waals surface area (Å²) in [6.07, 6.45) is 3.13. The number of amides is 1. The first kappa shape index (κ1) is 21.1. The summed E-state index contributed by atoms with van der Waals surface area (Å²) in [5.41, 5.74) is 4.83. The first-order chi connectivity index (χ1) is 16.7. The summed E-state index contributed by atoms with van der Waals surface area (Å²) in [6.45, 7) is 0.381. The van der Waals surface area contributed by atoms with Crippen molar-refractivity contribution in [3.05, 3.63) is 109 Å². The normalized spacial score (nSPS) is 10.7. The molecule has 1 N–H and O–H groups in total. The van der Waals surface area contributed by atoms with Crippen LogP contribution in [-0.2, 0) is 6.54 Å². The molecular weight excluding hydrogens is 428 g/mol. The number of methoxy groups -OCH3 is 1. The van der Waals surface area contributed by atoms with Gasteiger partial charge in [0.15, 0.2) is 5.69 Å². The molecule has 0 aliphatic carbocycles. The lowest BCUT2D eigenvalue weighted by molar-refractivity contribution is 0.0945. The van der Waals surface area contributed by atoms with Crippen LogP contribution in [0.5, 0.6) is 5.75 Å². The Balaban J connectivity index is 1.37. The fourth-order valence-corrected chi connectivity index (χ4v) is 3.61. The number of ether oxygens (including phenoxy) is 1. The topological polar surface area (TPSA) is 86.9 Å². The Kier molecular flexibility index (Phi) is 5.85. The van der Waals surface area contributed by atoms with Gasteiger partial charge < -0.3 is 10.1 Å². The van der Waals surface area contributed by atoms with Crippen molar-refractivity contribution in [3.63, 3.8) is 0 Å². The maximum absolute atomic E-state index is 13.0. The minimum atomic E-state index is -0.246. The van der Waals surface area contributed by atoms with Crippen molar-refractivity contribution in [3.8, 4) is 28.4 Å².